The van der Waals surface area contributed by atoms with Crippen LogP contribution in [0.5, 0.6) is 0 Å². The summed E-state index contributed by atoms with van der Waals surface area (Å²) in [5.41, 5.74) is 2.74. The van der Waals surface area contributed by atoms with Crippen LogP contribution in [0.1, 0.15) is 21.6 Å². The van der Waals surface area contributed by atoms with Crippen LogP contribution in [0.3, 0.4) is 0 Å². The van der Waals surface area contributed by atoms with Crippen LogP contribution in [0.4, 0.5) is 0 Å². The Morgan fingerprint density at radius 2 is 2.04 bits per heavy atom. The van der Waals surface area contributed by atoms with Crippen molar-refractivity contribution in [3.63, 3.8) is 0 Å². The number of hydrogen-bond donors (Lipinski definition) is 0. The minimum Gasteiger partial charge on any atom is -0.465 e. The third kappa shape index (κ3) is 3.31. The molecule has 0 amide bonds. The second-order valence-electron chi connectivity index (χ2n) is 5.71. The number of rotatable bonds is 5. The van der Waals surface area contributed by atoms with Gasteiger partial charge in [0.2, 0.25) is 0 Å². The summed E-state index contributed by atoms with van der Waals surface area (Å²) in [6.45, 7) is 1.89. The van der Waals surface area contributed by atoms with Gasteiger partial charge in [-0.15, -0.1) is 10.2 Å². The zero-order chi connectivity index (χ0) is 18.8. The molecule has 0 bridgehead atoms. The first-order valence-electron chi connectivity index (χ1n) is 8.14. The molecule has 0 aliphatic heterocycles. The van der Waals surface area contributed by atoms with Gasteiger partial charge in [-0.05, 0) is 30.7 Å². The van der Waals surface area contributed by atoms with Gasteiger partial charge >= 0.3 is 5.97 Å². The molecule has 8 heteroatoms. The van der Waals surface area contributed by atoms with Gasteiger partial charge in [-0.3, -0.25) is 4.98 Å². The standard InChI is InChI=1S/C19H15N3O4S/c1-11-12-6-3-4-7-13(12)20-14(16(11)18(23)24-2)10-27-19-22-21-17(26-19)15-8-5-9-25-15/h3-9H,10H2,1-2H3. The van der Waals surface area contributed by atoms with Gasteiger partial charge in [0.25, 0.3) is 11.1 Å². The Bertz CT molecular complexity index is 1110. The molecule has 0 aliphatic carbocycles. The van der Waals surface area contributed by atoms with Crippen LogP contribution in [-0.2, 0) is 10.5 Å². The zero-order valence-electron chi connectivity index (χ0n) is 14.6. The molecular weight excluding hydrogens is 366 g/mol. The van der Waals surface area contributed by atoms with E-state index in [1.54, 1.807) is 12.1 Å². The highest BCUT2D eigenvalue weighted by Gasteiger charge is 2.20. The van der Waals surface area contributed by atoms with Crippen LogP contribution in [-0.4, -0.2) is 28.3 Å². The summed E-state index contributed by atoms with van der Waals surface area (Å²) >= 11 is 1.30. The first-order chi connectivity index (χ1) is 13.2. The number of methoxy groups -OCH3 is 1. The number of furan rings is 1. The van der Waals surface area contributed by atoms with E-state index >= 15 is 0 Å². The van der Waals surface area contributed by atoms with Crippen LogP contribution >= 0.6 is 11.8 Å². The van der Waals surface area contributed by atoms with Crippen molar-refractivity contribution in [2.75, 3.05) is 7.11 Å². The molecule has 0 N–H and O–H groups in total. The maximum Gasteiger partial charge on any atom is 0.340 e. The summed E-state index contributed by atoms with van der Waals surface area (Å²) in [6.07, 6.45) is 1.54. The van der Waals surface area contributed by atoms with Crippen molar-refractivity contribution < 1.29 is 18.4 Å². The molecule has 0 unspecified atom stereocenters. The third-order valence-electron chi connectivity index (χ3n) is 4.09. The third-order valence-corrected chi connectivity index (χ3v) is 4.92. The van der Waals surface area contributed by atoms with E-state index in [-0.39, 0.29) is 0 Å². The average Bonchev–Trinajstić information content (AvgIpc) is 3.37. The molecule has 27 heavy (non-hydrogen) atoms. The molecule has 0 spiro atoms. The molecule has 0 atom stereocenters. The number of nitrogens with zero attached hydrogens (tertiary/aromatic N) is 3. The predicted octanol–water partition coefficient (Wildman–Crippen LogP) is 4.27. The van der Waals surface area contributed by atoms with Crippen LogP contribution in [0.2, 0.25) is 0 Å². The Labute approximate surface area is 158 Å². The van der Waals surface area contributed by atoms with Gasteiger partial charge in [0, 0.05) is 11.1 Å². The van der Waals surface area contributed by atoms with Gasteiger partial charge in [-0.2, -0.15) is 0 Å². The van der Waals surface area contributed by atoms with Gasteiger partial charge in [0.15, 0.2) is 5.76 Å². The van der Waals surface area contributed by atoms with Gasteiger partial charge in [-0.25, -0.2) is 4.79 Å². The number of carbonyl (C=O) groups is 1. The molecule has 0 saturated carbocycles. The number of thioether (sulfide) groups is 1. The van der Waals surface area contributed by atoms with Gasteiger partial charge in [0.1, 0.15) is 0 Å². The van der Waals surface area contributed by atoms with E-state index in [4.69, 9.17) is 13.6 Å². The van der Waals surface area contributed by atoms with Crippen LogP contribution in [0.25, 0.3) is 22.6 Å². The maximum atomic E-state index is 12.3. The Morgan fingerprint density at radius 1 is 1.19 bits per heavy atom. The number of para-hydroxylation sites is 1. The van der Waals surface area contributed by atoms with E-state index in [2.05, 4.69) is 15.2 Å². The highest BCUT2D eigenvalue weighted by atomic mass is 32.2. The van der Waals surface area contributed by atoms with Crippen molar-refractivity contribution >= 4 is 28.6 Å². The number of pyridine rings is 1. The van der Waals surface area contributed by atoms with E-state index in [1.165, 1.54) is 25.1 Å². The highest BCUT2D eigenvalue weighted by molar-refractivity contribution is 7.98. The molecule has 0 aliphatic rings. The first-order valence-corrected chi connectivity index (χ1v) is 9.12. The number of benzene rings is 1. The van der Waals surface area contributed by atoms with E-state index in [0.717, 1.165) is 16.5 Å². The highest BCUT2D eigenvalue weighted by Crippen LogP contribution is 2.30. The Hall–Kier alpha value is -3.13. The maximum absolute atomic E-state index is 12.3. The summed E-state index contributed by atoms with van der Waals surface area (Å²) in [5, 5.41) is 9.26. The van der Waals surface area contributed by atoms with Gasteiger partial charge in [-0.1, -0.05) is 30.0 Å². The van der Waals surface area contributed by atoms with Crippen molar-refractivity contribution in [3.8, 4) is 11.7 Å². The monoisotopic (exact) mass is 381 g/mol. The molecule has 1 aromatic carbocycles. The second kappa shape index (κ2) is 7.24. The lowest BCUT2D eigenvalue weighted by Crippen LogP contribution is -2.10. The molecule has 0 fully saturated rings. The number of fused-ring (bicyclic) bond motifs is 1. The van der Waals surface area contributed by atoms with Crippen molar-refractivity contribution in [1.29, 1.82) is 0 Å². The number of carbonyl (C=O) groups excluding carboxylic acids is 1. The fraction of sp³-hybridized carbons (Fsp3) is 0.158. The quantitative estimate of drug-likeness (QED) is 0.374. The average molecular weight is 381 g/mol. The summed E-state index contributed by atoms with van der Waals surface area (Å²) in [5.74, 6) is 0.779. The van der Waals surface area contributed by atoms with Crippen molar-refractivity contribution in [2.24, 2.45) is 0 Å². The number of aromatic nitrogens is 3. The molecule has 4 rings (SSSR count). The molecule has 0 saturated heterocycles. The lowest BCUT2D eigenvalue weighted by molar-refractivity contribution is 0.0598. The largest absolute Gasteiger partial charge is 0.465 e. The van der Waals surface area contributed by atoms with Crippen molar-refractivity contribution in [1.82, 2.24) is 15.2 Å². The minimum atomic E-state index is -0.414. The van der Waals surface area contributed by atoms with Gasteiger partial charge < -0.3 is 13.6 Å². The Balaban J connectivity index is 1.66. The Kier molecular flexibility index (Phi) is 4.64. The zero-order valence-corrected chi connectivity index (χ0v) is 15.4. The summed E-state index contributed by atoms with van der Waals surface area (Å²) in [7, 11) is 1.36. The van der Waals surface area contributed by atoms with Gasteiger partial charge in [0.05, 0.1) is 30.1 Å². The predicted molar refractivity (Wildman–Crippen MR) is 99.4 cm³/mol. The lowest BCUT2D eigenvalue weighted by atomic mass is 10.0. The number of esters is 1. The summed E-state index contributed by atoms with van der Waals surface area (Å²) in [6, 6.07) is 11.2. The first kappa shape index (κ1) is 17.3. The van der Waals surface area contributed by atoms with E-state index in [9.17, 15) is 4.79 Å². The smallest absolute Gasteiger partial charge is 0.340 e. The molecule has 3 aromatic heterocycles. The fourth-order valence-electron chi connectivity index (χ4n) is 2.82. The van der Waals surface area contributed by atoms with E-state index in [1.807, 2.05) is 31.2 Å². The topological polar surface area (TPSA) is 91.2 Å². The SMILES string of the molecule is COC(=O)c1c(CSc2nnc(-c3ccco3)o2)nc2ccccc2c1C. The molecule has 0 radical (unpaired) electrons. The summed E-state index contributed by atoms with van der Waals surface area (Å²) in [4.78, 5) is 17.0. The normalized spacial score (nSPS) is 11.0. The van der Waals surface area contributed by atoms with E-state index < -0.39 is 5.97 Å². The number of aryl methyl sites for hydroxylation is 1. The fourth-order valence-corrected chi connectivity index (χ4v) is 3.52. The number of hydrogen-bond acceptors (Lipinski definition) is 8. The second-order valence-corrected chi connectivity index (χ2v) is 6.63. The summed E-state index contributed by atoms with van der Waals surface area (Å²) < 4.78 is 15.8. The minimum absolute atomic E-state index is 0.304. The van der Waals surface area contributed by atoms with Crippen LogP contribution in [0.15, 0.2) is 56.7 Å². The Morgan fingerprint density at radius 3 is 2.81 bits per heavy atom. The number of ether oxygens (including phenoxy) is 1. The van der Waals surface area contributed by atoms with Crippen molar-refractivity contribution in [3.05, 3.63) is 59.5 Å². The molecule has 136 valence electrons. The molecule has 7 nitrogen and oxygen atoms in total. The van der Waals surface area contributed by atoms with E-state index in [0.29, 0.717) is 33.9 Å². The lowest BCUT2D eigenvalue weighted by Gasteiger charge is -2.12. The van der Waals surface area contributed by atoms with Crippen molar-refractivity contribution in [2.45, 2.75) is 17.9 Å². The van der Waals surface area contributed by atoms with Crippen LogP contribution < -0.4 is 0 Å². The van der Waals surface area contributed by atoms with Crippen LogP contribution in [0, 0.1) is 6.92 Å². The molecule has 3 heterocycles. The molecule has 4 aromatic rings. The molecular formula is C19H15N3O4S.